The zero-order valence-corrected chi connectivity index (χ0v) is 18.8. The van der Waals surface area contributed by atoms with Crippen molar-refractivity contribution in [2.75, 3.05) is 19.6 Å². The molecule has 0 saturated carbocycles. The Kier molecular flexibility index (Phi) is 6.86. The van der Waals surface area contributed by atoms with Gasteiger partial charge in [-0.3, -0.25) is 14.5 Å². The predicted molar refractivity (Wildman–Crippen MR) is 129 cm³/mol. The van der Waals surface area contributed by atoms with E-state index in [4.69, 9.17) is 0 Å². The molecule has 2 amide bonds. The average Bonchev–Trinajstić information content (AvgIpc) is 2.80. The molecule has 0 radical (unpaired) electrons. The summed E-state index contributed by atoms with van der Waals surface area (Å²) < 4.78 is 0. The maximum Gasteiger partial charge on any atom is 0.251 e. The molecule has 4 rings (SSSR count). The van der Waals surface area contributed by atoms with E-state index in [-0.39, 0.29) is 23.9 Å². The van der Waals surface area contributed by atoms with Crippen LogP contribution in [0.4, 0.5) is 0 Å². The molecule has 1 heterocycles. The van der Waals surface area contributed by atoms with E-state index in [1.54, 1.807) is 0 Å². The van der Waals surface area contributed by atoms with Crippen LogP contribution < -0.4 is 10.6 Å². The molecular formula is C27H31N3O2. The monoisotopic (exact) mass is 429 g/mol. The smallest absolute Gasteiger partial charge is 0.251 e. The highest BCUT2D eigenvalue weighted by molar-refractivity contribution is 5.95. The largest absolute Gasteiger partial charge is 0.349 e. The minimum atomic E-state index is -0.0560. The van der Waals surface area contributed by atoms with Gasteiger partial charge >= 0.3 is 0 Å². The number of piperidine rings is 1. The van der Waals surface area contributed by atoms with Crippen molar-refractivity contribution in [3.63, 3.8) is 0 Å². The van der Waals surface area contributed by atoms with E-state index in [9.17, 15) is 9.59 Å². The molecule has 1 fully saturated rings. The molecular weight excluding hydrogens is 398 g/mol. The second-order valence-electron chi connectivity index (χ2n) is 8.70. The van der Waals surface area contributed by atoms with Crippen LogP contribution in [0.3, 0.4) is 0 Å². The summed E-state index contributed by atoms with van der Waals surface area (Å²) in [6, 6.07) is 22.2. The first-order valence-corrected chi connectivity index (χ1v) is 11.4. The highest BCUT2D eigenvalue weighted by Gasteiger charge is 2.23. The maximum atomic E-state index is 12.7. The first-order chi connectivity index (χ1) is 15.5. The summed E-state index contributed by atoms with van der Waals surface area (Å²) in [4.78, 5) is 27.4. The van der Waals surface area contributed by atoms with Crippen molar-refractivity contribution < 1.29 is 9.59 Å². The van der Waals surface area contributed by atoms with Gasteiger partial charge in [0, 0.05) is 24.7 Å². The molecule has 0 aromatic heterocycles. The normalized spacial score (nSPS) is 15.9. The average molecular weight is 430 g/mol. The molecule has 1 saturated heterocycles. The number of carbonyl (C=O) groups is 2. The van der Waals surface area contributed by atoms with Crippen molar-refractivity contribution in [1.29, 1.82) is 0 Å². The second kappa shape index (κ2) is 9.96. The van der Waals surface area contributed by atoms with Gasteiger partial charge in [-0.1, -0.05) is 60.7 Å². The standard InChI is InChI=1S/C27H31N3O2/c1-19-8-3-5-11-23(19)27(32)29-22-14-16-30(17-15-22)18-26(31)28-20(2)24-13-7-10-21-9-4-6-12-25(21)24/h3-13,20,22H,14-18H2,1-2H3,(H,28,31)(H,29,32). The van der Waals surface area contributed by atoms with E-state index >= 15 is 0 Å². The van der Waals surface area contributed by atoms with Crippen LogP contribution in [-0.2, 0) is 4.79 Å². The molecule has 5 nitrogen and oxygen atoms in total. The van der Waals surface area contributed by atoms with Crippen molar-refractivity contribution in [2.24, 2.45) is 0 Å². The zero-order chi connectivity index (χ0) is 22.5. The molecule has 0 aliphatic carbocycles. The number of amides is 2. The Balaban J connectivity index is 1.26. The summed E-state index contributed by atoms with van der Waals surface area (Å²) in [6.45, 7) is 5.97. The lowest BCUT2D eigenvalue weighted by atomic mass is 9.99. The van der Waals surface area contributed by atoms with E-state index < -0.39 is 0 Å². The number of rotatable bonds is 6. The van der Waals surface area contributed by atoms with Gasteiger partial charge in [-0.05, 0) is 54.7 Å². The quantitative estimate of drug-likeness (QED) is 0.617. The fraction of sp³-hybridized carbons (Fsp3) is 0.333. The van der Waals surface area contributed by atoms with Crippen LogP contribution in [0, 0.1) is 6.92 Å². The number of carbonyl (C=O) groups excluding carboxylic acids is 2. The first kappa shape index (κ1) is 22.0. The van der Waals surface area contributed by atoms with Crippen LogP contribution in [0.2, 0.25) is 0 Å². The molecule has 166 valence electrons. The summed E-state index contributed by atoms with van der Waals surface area (Å²) >= 11 is 0. The summed E-state index contributed by atoms with van der Waals surface area (Å²) in [5.41, 5.74) is 2.85. The number of aryl methyl sites for hydroxylation is 1. The molecule has 0 spiro atoms. The molecule has 3 aromatic carbocycles. The van der Waals surface area contributed by atoms with Gasteiger partial charge in [0.2, 0.25) is 5.91 Å². The SMILES string of the molecule is Cc1ccccc1C(=O)NC1CCN(CC(=O)NC(C)c2cccc3ccccc23)CC1. The highest BCUT2D eigenvalue weighted by Crippen LogP contribution is 2.24. The first-order valence-electron chi connectivity index (χ1n) is 11.4. The predicted octanol–water partition coefficient (Wildman–Crippen LogP) is 4.22. The number of nitrogens with zero attached hydrogens (tertiary/aromatic N) is 1. The molecule has 3 aromatic rings. The molecule has 1 aliphatic rings. The van der Waals surface area contributed by atoms with Crippen molar-refractivity contribution in [3.05, 3.63) is 83.4 Å². The van der Waals surface area contributed by atoms with Crippen LogP contribution >= 0.6 is 0 Å². The number of fused-ring (bicyclic) bond motifs is 1. The Morgan fingerprint density at radius 1 is 0.969 bits per heavy atom. The van der Waals surface area contributed by atoms with E-state index in [1.807, 2.05) is 56.3 Å². The van der Waals surface area contributed by atoms with Crippen LogP contribution in [0.5, 0.6) is 0 Å². The van der Waals surface area contributed by atoms with E-state index in [2.05, 4.69) is 39.8 Å². The van der Waals surface area contributed by atoms with Crippen LogP contribution in [0.15, 0.2) is 66.7 Å². The Labute approximate surface area is 189 Å². The third-order valence-electron chi connectivity index (χ3n) is 6.35. The summed E-state index contributed by atoms with van der Waals surface area (Å²) in [7, 11) is 0. The van der Waals surface area contributed by atoms with E-state index in [0.29, 0.717) is 6.54 Å². The minimum absolute atomic E-state index is 0.0109. The Morgan fingerprint density at radius 3 is 2.44 bits per heavy atom. The molecule has 2 N–H and O–H groups in total. The van der Waals surface area contributed by atoms with E-state index in [0.717, 1.165) is 42.6 Å². The number of likely N-dealkylation sites (tertiary alicyclic amines) is 1. The van der Waals surface area contributed by atoms with Gasteiger partial charge in [-0.2, -0.15) is 0 Å². The van der Waals surface area contributed by atoms with Gasteiger partial charge in [0.05, 0.1) is 12.6 Å². The van der Waals surface area contributed by atoms with Gasteiger partial charge in [-0.15, -0.1) is 0 Å². The number of hydrogen-bond acceptors (Lipinski definition) is 3. The third kappa shape index (κ3) is 5.17. The van der Waals surface area contributed by atoms with Gasteiger partial charge in [0.1, 0.15) is 0 Å². The van der Waals surface area contributed by atoms with E-state index in [1.165, 1.54) is 10.8 Å². The summed E-state index contributed by atoms with van der Waals surface area (Å²) in [6.07, 6.45) is 1.70. The maximum absolute atomic E-state index is 12.7. The Hall–Kier alpha value is -3.18. The van der Waals surface area contributed by atoms with Crippen LogP contribution in [0.25, 0.3) is 10.8 Å². The number of benzene rings is 3. The molecule has 1 unspecified atom stereocenters. The van der Waals surface area contributed by atoms with Crippen LogP contribution in [-0.4, -0.2) is 42.4 Å². The van der Waals surface area contributed by atoms with Gasteiger partial charge < -0.3 is 10.6 Å². The lowest BCUT2D eigenvalue weighted by Gasteiger charge is -2.32. The Bertz CT molecular complexity index is 1100. The molecule has 1 aliphatic heterocycles. The molecule has 32 heavy (non-hydrogen) atoms. The van der Waals surface area contributed by atoms with Gasteiger partial charge in [-0.25, -0.2) is 0 Å². The number of nitrogens with one attached hydrogen (secondary N) is 2. The fourth-order valence-electron chi connectivity index (χ4n) is 4.52. The zero-order valence-electron chi connectivity index (χ0n) is 18.8. The molecule has 0 bridgehead atoms. The van der Waals surface area contributed by atoms with Crippen LogP contribution in [0.1, 0.15) is 47.3 Å². The summed E-state index contributed by atoms with van der Waals surface area (Å²) in [5, 5.41) is 8.67. The van der Waals surface area contributed by atoms with Crippen molar-refractivity contribution in [1.82, 2.24) is 15.5 Å². The lowest BCUT2D eigenvalue weighted by Crippen LogP contribution is -2.47. The van der Waals surface area contributed by atoms with Gasteiger partial charge in [0.25, 0.3) is 5.91 Å². The highest BCUT2D eigenvalue weighted by atomic mass is 16.2. The lowest BCUT2D eigenvalue weighted by molar-refractivity contribution is -0.123. The fourth-order valence-corrected chi connectivity index (χ4v) is 4.52. The van der Waals surface area contributed by atoms with Crippen molar-refractivity contribution in [2.45, 2.75) is 38.8 Å². The summed E-state index contributed by atoms with van der Waals surface area (Å²) in [5.74, 6) is 0.0241. The van der Waals surface area contributed by atoms with Gasteiger partial charge in [0.15, 0.2) is 0 Å². The second-order valence-corrected chi connectivity index (χ2v) is 8.70. The van der Waals surface area contributed by atoms with Crippen molar-refractivity contribution >= 4 is 22.6 Å². The molecule has 5 heteroatoms. The third-order valence-corrected chi connectivity index (χ3v) is 6.35. The minimum Gasteiger partial charge on any atom is -0.349 e. The topological polar surface area (TPSA) is 61.4 Å². The van der Waals surface area contributed by atoms with Crippen molar-refractivity contribution in [3.8, 4) is 0 Å². The Morgan fingerprint density at radius 2 is 1.66 bits per heavy atom. The molecule has 1 atom stereocenters. The number of hydrogen-bond donors (Lipinski definition) is 2.